The Labute approximate surface area is 152 Å². The fourth-order valence-corrected chi connectivity index (χ4v) is 7.56. The first-order valence-electron chi connectivity index (χ1n) is 9.19. The molecule has 0 aromatic rings. The van der Waals surface area contributed by atoms with E-state index in [-0.39, 0.29) is 0 Å². The van der Waals surface area contributed by atoms with Crippen LogP contribution in [0.2, 0.25) is 0 Å². The van der Waals surface area contributed by atoms with Crippen molar-refractivity contribution < 1.29 is 21.6 Å². The molecule has 0 bridgehead atoms. The highest BCUT2D eigenvalue weighted by Crippen LogP contribution is 2.33. The molecule has 0 aliphatic heterocycles. The van der Waals surface area contributed by atoms with Crippen LogP contribution in [0.4, 0.5) is 0 Å². The van der Waals surface area contributed by atoms with Crippen molar-refractivity contribution in [1.82, 2.24) is 0 Å². The van der Waals surface area contributed by atoms with Gasteiger partial charge in [0.25, 0.3) is 19.7 Å². The molecule has 0 heterocycles. The average Bonchev–Trinajstić information content (AvgIpc) is 2.51. The van der Waals surface area contributed by atoms with Gasteiger partial charge in [0.15, 0.2) is 0 Å². The minimum absolute atomic E-state index is 0.430. The summed E-state index contributed by atoms with van der Waals surface area (Å²) in [5.74, 6) is 0.511. The summed E-state index contributed by atoms with van der Waals surface area (Å²) in [5.41, 5.74) is 9.14. The molecule has 146 valence electrons. The molecule has 0 spiro atoms. The smallest absolute Gasteiger partial charge is 0.359 e. The maximum absolute atomic E-state index is 12.7. The Morgan fingerprint density at radius 2 is 1.56 bits per heavy atom. The Kier molecular flexibility index (Phi) is 7.84. The fraction of sp³-hybridized carbons (Fsp3) is 0.941. The average molecular weight is 393 g/mol. The first-order chi connectivity index (χ1) is 11.5. The van der Waals surface area contributed by atoms with Gasteiger partial charge in [0, 0.05) is 0 Å². The van der Waals surface area contributed by atoms with Gasteiger partial charge in [-0.25, -0.2) is 16.8 Å². The van der Waals surface area contributed by atoms with Gasteiger partial charge in [0.2, 0.25) is 0 Å². The second-order valence-corrected chi connectivity index (χ2v) is 13.0. The lowest BCUT2D eigenvalue weighted by Gasteiger charge is -2.27. The number of nitrogens with zero attached hydrogens (tertiary/aromatic N) is 2. The van der Waals surface area contributed by atoms with Crippen LogP contribution in [0.15, 0.2) is 0 Å². The summed E-state index contributed by atoms with van der Waals surface area (Å²) in [6.07, 6.45) is 8.32. The second kappa shape index (κ2) is 8.78. The minimum Gasteiger partial charge on any atom is -0.359 e. The zero-order chi connectivity index (χ0) is 19.3. The lowest BCUT2D eigenvalue weighted by Crippen LogP contribution is -2.43. The van der Waals surface area contributed by atoms with Crippen LogP contribution in [-0.4, -0.2) is 36.0 Å². The highest BCUT2D eigenvalue weighted by molar-refractivity contribution is 8.31. The largest absolute Gasteiger partial charge is 0.495 e. The summed E-state index contributed by atoms with van der Waals surface area (Å²) in [7, 11) is -8.37. The van der Waals surface area contributed by atoms with E-state index in [1.165, 1.54) is 40.0 Å². The summed E-state index contributed by atoms with van der Waals surface area (Å²) in [4.78, 5) is 2.70. The first kappa shape index (κ1) is 22.3. The molecular formula is C17H32N2O4S2. The van der Waals surface area contributed by atoms with Crippen molar-refractivity contribution in [2.24, 2.45) is 5.92 Å². The van der Waals surface area contributed by atoms with Crippen LogP contribution in [-0.2, 0) is 19.7 Å². The predicted octanol–water partition coefficient (Wildman–Crippen LogP) is 3.73. The lowest BCUT2D eigenvalue weighted by molar-refractivity contribution is 0.00355. The van der Waals surface area contributed by atoms with Crippen molar-refractivity contribution in [2.75, 3.05) is 0 Å². The van der Waals surface area contributed by atoms with E-state index >= 15 is 0 Å². The summed E-state index contributed by atoms with van der Waals surface area (Å²) >= 11 is 0. The topological polar surface area (TPSA) is 105 Å². The van der Waals surface area contributed by atoms with Crippen LogP contribution >= 0.6 is 0 Å². The maximum atomic E-state index is 12.7. The third kappa shape index (κ3) is 5.38. The van der Waals surface area contributed by atoms with Crippen LogP contribution in [0.1, 0.15) is 85.5 Å². The number of sulfone groups is 2. The van der Waals surface area contributed by atoms with Gasteiger partial charge < -0.3 is 5.53 Å². The zero-order valence-corrected chi connectivity index (χ0v) is 17.5. The Balaban J connectivity index is 2.80. The molecule has 0 radical (unpaired) electrons. The molecule has 0 saturated heterocycles. The molecule has 0 aromatic heterocycles. The van der Waals surface area contributed by atoms with Crippen molar-refractivity contribution in [3.05, 3.63) is 5.53 Å². The van der Waals surface area contributed by atoms with Gasteiger partial charge in [0.1, 0.15) is 0 Å². The fourth-order valence-electron chi connectivity index (χ4n) is 3.26. The second-order valence-electron chi connectivity index (χ2n) is 8.02. The van der Waals surface area contributed by atoms with Gasteiger partial charge in [-0.15, -0.1) is 4.79 Å². The van der Waals surface area contributed by atoms with Gasteiger partial charge in [-0.3, -0.25) is 0 Å². The molecule has 6 nitrogen and oxygen atoms in total. The standard InChI is InChI=1S/C17H32N2O4S2/c1-5-6-7-8-9-14-10-12-15(13-11-14)24(20,21)16(19-18)25(22,23)17(2,3)4/h14-15H,5-13H2,1-4H3. The molecule has 0 unspecified atom stereocenters. The first-order valence-corrected chi connectivity index (χ1v) is 12.2. The van der Waals surface area contributed by atoms with Crippen molar-refractivity contribution in [1.29, 1.82) is 0 Å². The molecule has 0 atom stereocenters. The minimum atomic E-state index is -4.22. The Morgan fingerprint density at radius 3 is 2.00 bits per heavy atom. The van der Waals surface area contributed by atoms with E-state index in [0.717, 1.165) is 25.7 Å². The molecule has 1 rings (SSSR count). The molecule has 1 aliphatic rings. The quantitative estimate of drug-likeness (QED) is 0.226. The molecule has 25 heavy (non-hydrogen) atoms. The van der Waals surface area contributed by atoms with Crippen molar-refractivity contribution in [3.63, 3.8) is 0 Å². The molecular weight excluding hydrogens is 360 g/mol. The van der Waals surface area contributed by atoms with E-state index in [9.17, 15) is 16.8 Å². The highest BCUT2D eigenvalue weighted by Gasteiger charge is 2.52. The third-order valence-corrected chi connectivity index (χ3v) is 10.5. The number of rotatable bonds is 6. The molecule has 0 aromatic carbocycles. The van der Waals surface area contributed by atoms with Gasteiger partial charge in [-0.2, -0.15) is 0 Å². The van der Waals surface area contributed by atoms with Crippen LogP contribution < -0.4 is 0 Å². The zero-order valence-electron chi connectivity index (χ0n) is 15.9. The number of unbranched alkanes of at least 4 members (excludes halogenated alkanes) is 3. The molecule has 1 fully saturated rings. The van der Waals surface area contributed by atoms with E-state index < -0.39 is 34.0 Å². The van der Waals surface area contributed by atoms with Crippen LogP contribution in [0.25, 0.3) is 5.53 Å². The van der Waals surface area contributed by atoms with Crippen molar-refractivity contribution >= 4 is 24.1 Å². The van der Waals surface area contributed by atoms with Crippen LogP contribution in [0, 0.1) is 5.92 Å². The van der Waals surface area contributed by atoms with Gasteiger partial charge in [-0.1, -0.05) is 39.0 Å². The summed E-state index contributed by atoms with van der Waals surface area (Å²) in [5, 5.41) is -0.776. The van der Waals surface area contributed by atoms with Gasteiger partial charge in [0.05, 0.1) is 10.00 Å². The molecule has 8 heteroatoms. The van der Waals surface area contributed by atoms with E-state index in [1.54, 1.807) is 0 Å². The Hall–Kier alpha value is -0.720. The summed E-state index contributed by atoms with van der Waals surface area (Å²) in [6.45, 7) is 6.37. The van der Waals surface area contributed by atoms with Crippen LogP contribution in [0.5, 0.6) is 0 Å². The van der Waals surface area contributed by atoms with Gasteiger partial charge >= 0.3 is 4.38 Å². The number of hydrogen-bond acceptors (Lipinski definition) is 4. The normalized spacial score (nSPS) is 22.4. The van der Waals surface area contributed by atoms with E-state index in [2.05, 4.69) is 11.7 Å². The Morgan fingerprint density at radius 1 is 1.00 bits per heavy atom. The third-order valence-electron chi connectivity index (χ3n) is 5.06. The highest BCUT2D eigenvalue weighted by atomic mass is 32.3. The van der Waals surface area contributed by atoms with Crippen molar-refractivity contribution in [3.8, 4) is 0 Å². The monoisotopic (exact) mass is 392 g/mol. The Bertz CT molecular complexity index is 691. The van der Waals surface area contributed by atoms with E-state index in [0.29, 0.717) is 18.8 Å². The predicted molar refractivity (Wildman–Crippen MR) is 101 cm³/mol. The van der Waals surface area contributed by atoms with Crippen molar-refractivity contribution in [2.45, 2.75) is 95.5 Å². The molecule has 1 saturated carbocycles. The summed E-state index contributed by atoms with van der Waals surface area (Å²) in [6, 6.07) is 0. The molecule has 0 amide bonds. The number of hydrogen-bond donors (Lipinski definition) is 0. The molecule has 0 N–H and O–H groups in total. The van der Waals surface area contributed by atoms with E-state index in [1.807, 2.05) is 0 Å². The SMILES string of the molecule is CCCCCCC1CCC(S(=O)(=O)C(=[N+]=[N-])S(=O)(=O)C(C)(C)C)CC1. The molecule has 1 aliphatic carbocycles. The summed E-state index contributed by atoms with van der Waals surface area (Å²) < 4.78 is 48.0. The van der Waals surface area contributed by atoms with E-state index in [4.69, 9.17) is 5.53 Å². The lowest BCUT2D eigenvalue weighted by atomic mass is 9.85. The maximum Gasteiger partial charge on any atom is 0.495 e. The van der Waals surface area contributed by atoms with Crippen LogP contribution in [0.3, 0.4) is 0 Å². The van der Waals surface area contributed by atoms with Gasteiger partial charge in [-0.05, 0) is 52.4 Å².